The normalized spacial score (nSPS) is 18.4. The van der Waals surface area contributed by atoms with Crippen LogP contribution in [0.5, 0.6) is 0 Å². The summed E-state index contributed by atoms with van der Waals surface area (Å²) in [5, 5.41) is 3.00. The third-order valence-corrected chi connectivity index (χ3v) is 3.27. The second-order valence-corrected chi connectivity index (χ2v) is 4.76. The Morgan fingerprint density at radius 1 is 1.20 bits per heavy atom. The van der Waals surface area contributed by atoms with Crippen molar-refractivity contribution in [3.63, 3.8) is 0 Å². The molecule has 7 heteroatoms. The van der Waals surface area contributed by atoms with Gasteiger partial charge in [0.25, 0.3) is 0 Å². The summed E-state index contributed by atoms with van der Waals surface area (Å²) in [6.07, 6.45) is -4.48. The van der Waals surface area contributed by atoms with Gasteiger partial charge in [-0.25, -0.2) is 4.39 Å². The van der Waals surface area contributed by atoms with Gasteiger partial charge in [-0.3, -0.25) is 4.90 Å². The lowest BCUT2D eigenvalue weighted by atomic mass is 10.0. The highest BCUT2D eigenvalue weighted by Gasteiger charge is 2.46. The number of rotatable bonds is 2. The van der Waals surface area contributed by atoms with Crippen molar-refractivity contribution in [2.24, 2.45) is 0 Å². The number of piperazine rings is 1. The van der Waals surface area contributed by atoms with Gasteiger partial charge in [0.05, 0.1) is 0 Å². The molecule has 0 aliphatic carbocycles. The molecular weight excluding hydrogens is 296 g/mol. The monoisotopic (exact) mass is 312 g/mol. The first-order valence-electron chi connectivity index (χ1n) is 6.17. The van der Waals surface area contributed by atoms with Crippen molar-refractivity contribution in [3.05, 3.63) is 35.1 Å². The van der Waals surface area contributed by atoms with Gasteiger partial charge in [0.15, 0.2) is 0 Å². The quantitative estimate of drug-likeness (QED) is 0.844. The summed E-state index contributed by atoms with van der Waals surface area (Å²) in [6.45, 7) is 3.16. The Labute approximate surface area is 121 Å². The lowest BCUT2D eigenvalue weighted by molar-refractivity contribution is -0.188. The number of nitrogens with zero attached hydrogens (tertiary/aromatic N) is 1. The van der Waals surface area contributed by atoms with Crippen LogP contribution in [0.2, 0.25) is 0 Å². The van der Waals surface area contributed by atoms with Crippen LogP contribution in [0.1, 0.15) is 17.2 Å². The van der Waals surface area contributed by atoms with Crippen LogP contribution in [0.3, 0.4) is 0 Å². The number of hydrogen-bond acceptors (Lipinski definition) is 2. The molecule has 0 amide bonds. The van der Waals surface area contributed by atoms with Crippen LogP contribution in [0, 0.1) is 12.7 Å². The second-order valence-electron chi connectivity index (χ2n) is 4.76. The van der Waals surface area contributed by atoms with Gasteiger partial charge in [-0.05, 0) is 13.0 Å². The topological polar surface area (TPSA) is 15.3 Å². The molecule has 0 bridgehead atoms. The van der Waals surface area contributed by atoms with Gasteiger partial charge in [0.2, 0.25) is 0 Å². The van der Waals surface area contributed by atoms with E-state index in [9.17, 15) is 17.6 Å². The van der Waals surface area contributed by atoms with Crippen molar-refractivity contribution in [2.45, 2.75) is 19.1 Å². The molecule has 0 aromatic heterocycles. The van der Waals surface area contributed by atoms with Gasteiger partial charge in [-0.2, -0.15) is 13.2 Å². The molecule has 1 fully saturated rings. The highest BCUT2D eigenvalue weighted by molar-refractivity contribution is 5.85. The Kier molecular flexibility index (Phi) is 5.79. The van der Waals surface area contributed by atoms with Crippen molar-refractivity contribution in [1.82, 2.24) is 10.2 Å². The summed E-state index contributed by atoms with van der Waals surface area (Å²) in [7, 11) is 0. The highest BCUT2D eigenvalue weighted by Crippen LogP contribution is 2.39. The molecular formula is C13H17ClF4N2. The summed E-state index contributed by atoms with van der Waals surface area (Å²) in [5.74, 6) is -0.800. The van der Waals surface area contributed by atoms with Crippen molar-refractivity contribution in [2.75, 3.05) is 26.2 Å². The molecule has 0 radical (unpaired) electrons. The molecule has 1 aromatic rings. The number of aryl methyl sites for hydroxylation is 1. The number of benzene rings is 1. The van der Waals surface area contributed by atoms with Crippen LogP contribution in [0.4, 0.5) is 17.6 Å². The van der Waals surface area contributed by atoms with Gasteiger partial charge < -0.3 is 5.32 Å². The number of alkyl halides is 3. The summed E-state index contributed by atoms with van der Waals surface area (Å²) in [4.78, 5) is 1.29. The Bertz CT molecular complexity index is 444. The maximum Gasteiger partial charge on any atom is 0.408 e. The van der Waals surface area contributed by atoms with E-state index in [2.05, 4.69) is 5.32 Å². The van der Waals surface area contributed by atoms with E-state index in [0.29, 0.717) is 18.7 Å². The minimum atomic E-state index is -4.48. The van der Waals surface area contributed by atoms with Crippen LogP contribution in [0.25, 0.3) is 0 Å². The SMILES string of the molecule is Cc1ccc(F)c([C@H](N2CCNCC2)C(F)(F)F)c1.Cl. The zero-order chi connectivity index (χ0) is 14.0. The molecule has 1 N–H and O–H groups in total. The maximum atomic E-state index is 13.8. The first-order valence-corrected chi connectivity index (χ1v) is 6.17. The van der Waals surface area contributed by atoms with E-state index < -0.39 is 18.0 Å². The van der Waals surface area contributed by atoms with E-state index in [1.54, 1.807) is 6.92 Å². The average Bonchev–Trinajstić information content (AvgIpc) is 2.33. The highest BCUT2D eigenvalue weighted by atomic mass is 35.5. The Morgan fingerprint density at radius 3 is 2.35 bits per heavy atom. The first-order chi connectivity index (χ1) is 8.89. The van der Waals surface area contributed by atoms with Crippen molar-refractivity contribution >= 4 is 12.4 Å². The predicted molar refractivity (Wildman–Crippen MR) is 71.6 cm³/mol. The number of hydrogen-bond donors (Lipinski definition) is 1. The summed E-state index contributed by atoms with van der Waals surface area (Å²) >= 11 is 0. The Balaban J connectivity index is 0.00000200. The lowest BCUT2D eigenvalue weighted by Crippen LogP contribution is -2.49. The van der Waals surface area contributed by atoms with E-state index >= 15 is 0 Å². The van der Waals surface area contributed by atoms with Crippen LogP contribution in [-0.4, -0.2) is 37.3 Å². The molecule has 2 rings (SSSR count). The predicted octanol–water partition coefficient (Wildman–Crippen LogP) is 3.06. The number of nitrogens with one attached hydrogen (secondary N) is 1. The molecule has 2 nitrogen and oxygen atoms in total. The third-order valence-electron chi connectivity index (χ3n) is 3.27. The lowest BCUT2D eigenvalue weighted by Gasteiger charge is -2.36. The minimum absolute atomic E-state index is 0. The molecule has 20 heavy (non-hydrogen) atoms. The van der Waals surface area contributed by atoms with E-state index in [0.717, 1.165) is 6.07 Å². The Hall–Kier alpha value is -0.850. The largest absolute Gasteiger partial charge is 0.408 e. The molecule has 1 heterocycles. The molecule has 1 aromatic carbocycles. The van der Waals surface area contributed by atoms with Crippen LogP contribution < -0.4 is 5.32 Å². The second kappa shape index (κ2) is 6.74. The van der Waals surface area contributed by atoms with E-state index in [-0.39, 0.29) is 31.1 Å². The van der Waals surface area contributed by atoms with Gasteiger partial charge in [0.1, 0.15) is 11.9 Å². The standard InChI is InChI=1S/C13H16F4N2.ClH/c1-9-2-3-11(14)10(8-9)12(13(15,16)17)19-6-4-18-5-7-19;/h2-3,8,12,18H,4-7H2,1H3;1H/t12-;/m0./s1. The molecule has 0 saturated carbocycles. The van der Waals surface area contributed by atoms with Crippen molar-refractivity contribution in [1.29, 1.82) is 0 Å². The molecule has 114 valence electrons. The first kappa shape index (κ1) is 17.2. The van der Waals surface area contributed by atoms with Gasteiger partial charge in [-0.1, -0.05) is 17.7 Å². The fourth-order valence-corrected chi connectivity index (χ4v) is 2.39. The molecule has 0 spiro atoms. The van der Waals surface area contributed by atoms with Gasteiger partial charge >= 0.3 is 6.18 Å². The van der Waals surface area contributed by atoms with Crippen molar-refractivity contribution in [3.8, 4) is 0 Å². The zero-order valence-corrected chi connectivity index (χ0v) is 11.8. The fraction of sp³-hybridized carbons (Fsp3) is 0.538. The van der Waals surface area contributed by atoms with E-state index in [1.807, 2.05) is 0 Å². The third kappa shape index (κ3) is 3.84. The van der Waals surface area contributed by atoms with Gasteiger partial charge in [0, 0.05) is 31.7 Å². The van der Waals surface area contributed by atoms with Crippen molar-refractivity contribution < 1.29 is 17.6 Å². The summed E-state index contributed by atoms with van der Waals surface area (Å²) in [5.41, 5.74) is 0.343. The molecule has 1 atom stereocenters. The molecule has 1 aliphatic heterocycles. The fourth-order valence-electron chi connectivity index (χ4n) is 2.39. The maximum absolute atomic E-state index is 13.8. The van der Waals surface area contributed by atoms with Crippen LogP contribution in [-0.2, 0) is 0 Å². The molecule has 1 saturated heterocycles. The Morgan fingerprint density at radius 2 is 1.80 bits per heavy atom. The van der Waals surface area contributed by atoms with Crippen LogP contribution >= 0.6 is 12.4 Å². The van der Waals surface area contributed by atoms with Crippen LogP contribution in [0.15, 0.2) is 18.2 Å². The van der Waals surface area contributed by atoms with E-state index in [1.165, 1.54) is 17.0 Å². The zero-order valence-electron chi connectivity index (χ0n) is 11.0. The molecule has 1 aliphatic rings. The van der Waals surface area contributed by atoms with Gasteiger partial charge in [-0.15, -0.1) is 12.4 Å². The summed E-state index contributed by atoms with van der Waals surface area (Å²) in [6, 6.07) is 2.00. The minimum Gasteiger partial charge on any atom is -0.314 e. The summed E-state index contributed by atoms with van der Waals surface area (Å²) < 4.78 is 53.6. The molecule has 0 unspecified atom stereocenters. The smallest absolute Gasteiger partial charge is 0.314 e. The average molecular weight is 313 g/mol. The number of halogens is 5. The van der Waals surface area contributed by atoms with E-state index in [4.69, 9.17) is 0 Å².